The van der Waals surface area contributed by atoms with Crippen LogP contribution in [0.1, 0.15) is 47.2 Å². The number of likely N-dealkylation sites (tertiary alicyclic amines) is 1. The molecule has 43 heavy (non-hydrogen) atoms. The van der Waals surface area contributed by atoms with E-state index in [2.05, 4.69) is 15.5 Å². The number of nitrogens with zero attached hydrogens (tertiary/aromatic N) is 1. The van der Waals surface area contributed by atoms with Gasteiger partial charge in [-0.25, -0.2) is 0 Å². The number of benzene rings is 3. The first-order chi connectivity index (χ1) is 20.8. The largest absolute Gasteiger partial charge is 0.504 e. The number of carbonyl (C=O) groups is 3. The topological polar surface area (TPSA) is 128 Å². The van der Waals surface area contributed by atoms with Crippen LogP contribution in [0.15, 0.2) is 66.7 Å². The molecule has 2 saturated carbocycles. The lowest BCUT2D eigenvalue weighted by molar-refractivity contribution is -0.197. The zero-order chi connectivity index (χ0) is 29.5. The number of aromatic hydroxyl groups is 1. The number of aliphatic hydroxyl groups is 1. The van der Waals surface area contributed by atoms with Crippen LogP contribution in [0.5, 0.6) is 11.5 Å². The molecule has 3 fully saturated rings. The van der Waals surface area contributed by atoms with Gasteiger partial charge in [-0.2, -0.15) is 0 Å². The van der Waals surface area contributed by atoms with Crippen LogP contribution in [0.3, 0.4) is 0 Å². The summed E-state index contributed by atoms with van der Waals surface area (Å²) >= 11 is 0. The number of para-hydroxylation sites is 1. The molecule has 2 amide bonds. The molecule has 1 unspecified atom stereocenters. The highest BCUT2D eigenvalue weighted by molar-refractivity contribution is 6.11. The van der Waals surface area contributed by atoms with E-state index in [0.29, 0.717) is 35.7 Å². The van der Waals surface area contributed by atoms with E-state index < -0.39 is 28.9 Å². The van der Waals surface area contributed by atoms with Crippen LogP contribution in [-0.2, 0) is 21.4 Å². The van der Waals surface area contributed by atoms with Gasteiger partial charge in [0.05, 0.1) is 11.0 Å². The van der Waals surface area contributed by atoms with Gasteiger partial charge in [0.15, 0.2) is 23.4 Å². The number of ketones is 1. The molecule has 2 bridgehead atoms. The first kappa shape index (κ1) is 26.4. The number of carbonyl (C=O) groups excluding carboxylic acids is 3. The second-order valence-electron chi connectivity index (χ2n) is 12.8. The number of rotatable bonds is 6. The summed E-state index contributed by atoms with van der Waals surface area (Å²) in [6.07, 6.45) is 2.38. The zero-order valence-corrected chi connectivity index (χ0v) is 23.6. The average Bonchev–Trinajstić information content (AvgIpc) is 3.75. The van der Waals surface area contributed by atoms with E-state index in [1.165, 1.54) is 12.8 Å². The summed E-state index contributed by atoms with van der Waals surface area (Å²) in [6.45, 7) is 1.62. The molecule has 3 aromatic rings. The Kier molecular flexibility index (Phi) is 5.77. The predicted octanol–water partition coefficient (Wildman–Crippen LogP) is 3.64. The summed E-state index contributed by atoms with van der Waals surface area (Å²) < 4.78 is 6.23. The lowest BCUT2D eigenvalue weighted by Gasteiger charge is -2.63. The number of piperidine rings is 1. The van der Waals surface area contributed by atoms with Crippen LogP contribution in [0, 0.1) is 11.8 Å². The quantitative estimate of drug-likeness (QED) is 0.328. The summed E-state index contributed by atoms with van der Waals surface area (Å²) in [5.74, 6) is -1.46. The van der Waals surface area contributed by atoms with Gasteiger partial charge in [-0.1, -0.05) is 24.3 Å². The second-order valence-corrected chi connectivity index (χ2v) is 12.8. The van der Waals surface area contributed by atoms with Crippen molar-refractivity contribution in [1.82, 2.24) is 4.90 Å². The van der Waals surface area contributed by atoms with Gasteiger partial charge in [-0.3, -0.25) is 19.3 Å². The Morgan fingerprint density at radius 2 is 1.72 bits per heavy atom. The van der Waals surface area contributed by atoms with E-state index in [-0.39, 0.29) is 35.7 Å². The highest BCUT2D eigenvalue weighted by atomic mass is 16.5. The SMILES string of the molecule is O=C(Nc1ccccc1)c1ccc(NC(=O)C2C[C@@]3(O)[C@H]4Cc5ccc(O)c6c5[C@@]3(CCN4CC3CC3)[C@@H](O6)C2=O)cc1. The number of amides is 2. The van der Waals surface area contributed by atoms with Crippen molar-refractivity contribution in [2.75, 3.05) is 23.7 Å². The van der Waals surface area contributed by atoms with E-state index in [1.807, 2.05) is 24.3 Å². The highest BCUT2D eigenvalue weighted by Crippen LogP contribution is 2.65. The van der Waals surface area contributed by atoms with Crippen molar-refractivity contribution in [3.63, 3.8) is 0 Å². The fraction of sp³-hybridized carbons (Fsp3) is 0.382. The molecule has 5 aliphatic rings. The van der Waals surface area contributed by atoms with Gasteiger partial charge in [-0.15, -0.1) is 0 Å². The molecule has 0 radical (unpaired) electrons. The summed E-state index contributed by atoms with van der Waals surface area (Å²) in [7, 11) is 0. The third-order valence-electron chi connectivity index (χ3n) is 10.4. The molecule has 1 saturated heterocycles. The number of phenolic OH excluding ortho intramolecular Hbond substituents is 1. The maximum atomic E-state index is 14.1. The molecule has 4 N–H and O–H groups in total. The molecule has 8 rings (SSSR count). The lowest BCUT2D eigenvalue weighted by Crippen LogP contribution is -2.78. The maximum absolute atomic E-state index is 14.1. The second kappa shape index (κ2) is 9.39. The van der Waals surface area contributed by atoms with Gasteiger partial charge in [0, 0.05) is 35.1 Å². The van der Waals surface area contributed by atoms with E-state index in [9.17, 15) is 24.6 Å². The normalized spacial score (nSPS) is 30.3. The number of phenols is 1. The number of hydrogen-bond donors (Lipinski definition) is 4. The molecular formula is C34H33N3O6. The smallest absolute Gasteiger partial charge is 0.255 e. The number of anilines is 2. The average molecular weight is 580 g/mol. The van der Waals surface area contributed by atoms with E-state index in [0.717, 1.165) is 24.2 Å². The Labute approximate surface area is 248 Å². The van der Waals surface area contributed by atoms with Crippen molar-refractivity contribution in [1.29, 1.82) is 0 Å². The fourth-order valence-electron chi connectivity index (χ4n) is 8.18. The Morgan fingerprint density at radius 3 is 2.47 bits per heavy atom. The van der Waals surface area contributed by atoms with Crippen LogP contribution in [0.2, 0.25) is 0 Å². The van der Waals surface area contributed by atoms with Crippen LogP contribution in [-0.4, -0.2) is 63.5 Å². The Bertz CT molecular complexity index is 1650. The standard InChI is InChI=1S/C34H33N3O6/c38-25-13-10-21-16-26-34(42)17-24(28(39)30-33(34,27(21)29(25)43-30)14-15-37(26)18-19-6-7-19)32(41)36-23-11-8-20(9-12-23)31(40)35-22-4-2-1-3-5-22/h1-5,8-13,19,24,26,30,38,42H,6-7,14-18H2,(H,35,40)(H,36,41)/t24?,26-,30+,33+,34-/m1/s1. The summed E-state index contributed by atoms with van der Waals surface area (Å²) in [6, 6.07) is 18.8. The molecule has 3 aliphatic carbocycles. The number of hydrogen-bond acceptors (Lipinski definition) is 7. The summed E-state index contributed by atoms with van der Waals surface area (Å²) in [5.41, 5.74) is 0.905. The fourth-order valence-corrected chi connectivity index (χ4v) is 8.18. The first-order valence-corrected chi connectivity index (χ1v) is 15.1. The van der Waals surface area contributed by atoms with E-state index >= 15 is 0 Å². The van der Waals surface area contributed by atoms with Crippen molar-refractivity contribution in [2.45, 2.75) is 55.3 Å². The van der Waals surface area contributed by atoms with Gasteiger partial charge < -0.3 is 25.6 Å². The number of ether oxygens (including phenoxy) is 1. The van der Waals surface area contributed by atoms with Crippen molar-refractivity contribution in [2.24, 2.45) is 11.8 Å². The van der Waals surface area contributed by atoms with Crippen LogP contribution in [0.4, 0.5) is 11.4 Å². The third-order valence-corrected chi connectivity index (χ3v) is 10.4. The van der Waals surface area contributed by atoms with Crippen LogP contribution >= 0.6 is 0 Å². The molecule has 0 aromatic heterocycles. The minimum absolute atomic E-state index is 0.0184. The van der Waals surface area contributed by atoms with E-state index in [4.69, 9.17) is 4.74 Å². The highest BCUT2D eigenvalue weighted by Gasteiger charge is 2.75. The van der Waals surface area contributed by atoms with Crippen molar-refractivity contribution >= 4 is 29.0 Å². The molecule has 5 atom stereocenters. The lowest BCUT2D eigenvalue weighted by atomic mass is 9.47. The monoisotopic (exact) mass is 579 g/mol. The van der Waals surface area contributed by atoms with Crippen LogP contribution < -0.4 is 15.4 Å². The molecule has 2 aliphatic heterocycles. The molecule has 220 valence electrons. The van der Waals surface area contributed by atoms with Crippen molar-refractivity contribution < 1.29 is 29.3 Å². The minimum atomic E-state index is -1.38. The van der Waals surface area contributed by atoms with Gasteiger partial charge in [0.1, 0.15) is 5.92 Å². The Balaban J connectivity index is 1.07. The summed E-state index contributed by atoms with van der Waals surface area (Å²) in [4.78, 5) is 42.8. The summed E-state index contributed by atoms with van der Waals surface area (Å²) in [5, 5.41) is 29.2. The molecule has 9 nitrogen and oxygen atoms in total. The van der Waals surface area contributed by atoms with Crippen molar-refractivity contribution in [3.8, 4) is 11.5 Å². The van der Waals surface area contributed by atoms with Crippen LogP contribution in [0.25, 0.3) is 0 Å². The minimum Gasteiger partial charge on any atom is -0.504 e. The van der Waals surface area contributed by atoms with Gasteiger partial charge in [0.2, 0.25) is 5.91 Å². The molecule has 1 spiro atoms. The van der Waals surface area contributed by atoms with E-state index in [1.54, 1.807) is 42.5 Å². The Hall–Kier alpha value is -4.21. The number of nitrogens with one attached hydrogen (secondary N) is 2. The Morgan fingerprint density at radius 1 is 0.977 bits per heavy atom. The third kappa shape index (κ3) is 3.87. The zero-order valence-electron chi connectivity index (χ0n) is 23.6. The first-order valence-electron chi connectivity index (χ1n) is 15.1. The van der Waals surface area contributed by atoms with Gasteiger partial charge in [-0.05, 0) is 92.6 Å². The van der Waals surface area contributed by atoms with Gasteiger partial charge >= 0.3 is 0 Å². The molecule has 3 aromatic carbocycles. The predicted molar refractivity (Wildman–Crippen MR) is 158 cm³/mol. The van der Waals surface area contributed by atoms with Crippen molar-refractivity contribution in [3.05, 3.63) is 83.4 Å². The molecule has 9 heteroatoms. The van der Waals surface area contributed by atoms with Gasteiger partial charge in [0.25, 0.3) is 5.91 Å². The number of Topliss-reactive ketones (excluding diaryl/α,β-unsaturated/α-hetero) is 1. The maximum Gasteiger partial charge on any atom is 0.255 e. The molecular weight excluding hydrogens is 546 g/mol. The molecule has 2 heterocycles.